The molecule has 70 heavy (non-hydrogen) atoms. The highest BCUT2D eigenvalue weighted by Crippen LogP contribution is 2.65. The quantitative estimate of drug-likeness (QED) is 0.174. The monoisotopic (exact) mass is 888 g/mol. The molecule has 0 saturated carbocycles. The van der Waals surface area contributed by atoms with Crippen LogP contribution in [0.4, 0.5) is 34.1 Å². The molecule has 1 heterocycles. The zero-order chi connectivity index (χ0) is 45.9. The van der Waals surface area contributed by atoms with Crippen LogP contribution < -0.4 is 9.80 Å². The van der Waals surface area contributed by atoms with Crippen molar-refractivity contribution < 1.29 is 0 Å². The third-order valence-electron chi connectivity index (χ3n) is 15.6. The highest BCUT2D eigenvalue weighted by atomic mass is 15.2. The second-order valence-corrected chi connectivity index (χ2v) is 19.1. The van der Waals surface area contributed by atoms with Gasteiger partial charge in [-0.2, -0.15) is 0 Å². The molecule has 0 radical (unpaired) electrons. The molecule has 0 fully saturated rings. The van der Waals surface area contributed by atoms with Crippen molar-refractivity contribution >= 4 is 34.1 Å². The van der Waals surface area contributed by atoms with Gasteiger partial charge in [-0.3, -0.25) is 0 Å². The molecule has 1 unspecified atom stereocenters. The first kappa shape index (κ1) is 39.1. The van der Waals surface area contributed by atoms with Gasteiger partial charge in [0.2, 0.25) is 0 Å². The van der Waals surface area contributed by atoms with Crippen molar-refractivity contribution in [2.75, 3.05) is 9.80 Å². The number of benzene rings is 11. The first-order valence-corrected chi connectivity index (χ1v) is 24.5. The minimum Gasteiger partial charge on any atom is -0.308 e. The van der Waals surface area contributed by atoms with Gasteiger partial charge in [-0.25, -0.2) is 0 Å². The van der Waals surface area contributed by atoms with Crippen LogP contribution in [0.15, 0.2) is 255 Å². The van der Waals surface area contributed by atoms with Crippen LogP contribution in [0.2, 0.25) is 0 Å². The molecule has 0 bridgehead atoms. The zero-order valence-corrected chi connectivity index (χ0v) is 38.4. The Morgan fingerprint density at radius 2 is 0.857 bits per heavy atom. The number of rotatable bonds is 4. The first-order valence-electron chi connectivity index (χ1n) is 24.5. The lowest BCUT2D eigenvalue weighted by Crippen LogP contribution is -2.29. The summed E-state index contributed by atoms with van der Waals surface area (Å²) in [6, 6.07) is 95.6. The van der Waals surface area contributed by atoms with Crippen LogP contribution >= 0.6 is 0 Å². The second-order valence-electron chi connectivity index (χ2n) is 19.1. The minimum absolute atomic E-state index is 0.663. The van der Waals surface area contributed by atoms with E-state index >= 15 is 0 Å². The molecule has 15 rings (SSSR count). The van der Waals surface area contributed by atoms with E-state index in [0.29, 0.717) is 0 Å². The summed E-state index contributed by atoms with van der Waals surface area (Å²) in [5, 5.41) is 0. The zero-order valence-electron chi connectivity index (χ0n) is 38.4. The van der Waals surface area contributed by atoms with E-state index in [1.807, 2.05) is 0 Å². The third-order valence-corrected chi connectivity index (χ3v) is 15.6. The third kappa shape index (κ3) is 5.33. The largest absolute Gasteiger partial charge is 0.308 e. The maximum absolute atomic E-state index is 2.55. The summed E-state index contributed by atoms with van der Waals surface area (Å²) in [6.07, 6.45) is 0.944. The maximum Gasteiger partial charge on any atom is 0.0781 e. The molecule has 4 aliphatic rings. The van der Waals surface area contributed by atoms with Gasteiger partial charge in [-0.15, -0.1) is 0 Å². The topological polar surface area (TPSA) is 6.48 Å². The van der Waals surface area contributed by atoms with Crippen LogP contribution in [0.3, 0.4) is 0 Å². The summed E-state index contributed by atoms with van der Waals surface area (Å²) < 4.78 is 0. The van der Waals surface area contributed by atoms with Crippen LogP contribution in [0.5, 0.6) is 0 Å². The Labute approximate surface area is 408 Å². The summed E-state index contributed by atoms with van der Waals surface area (Å²) >= 11 is 0. The lowest BCUT2D eigenvalue weighted by atomic mass is 9.65. The normalized spacial score (nSPS) is 14.8. The number of hydrogen-bond donors (Lipinski definition) is 0. The highest BCUT2D eigenvalue weighted by Gasteiger charge is 2.51. The van der Waals surface area contributed by atoms with Crippen LogP contribution in [-0.2, 0) is 11.8 Å². The summed E-state index contributed by atoms with van der Waals surface area (Å²) in [6.45, 7) is 0. The Hall–Kier alpha value is -8.98. The van der Waals surface area contributed by atoms with E-state index in [1.54, 1.807) is 0 Å². The van der Waals surface area contributed by atoms with E-state index in [-0.39, 0.29) is 0 Å². The minimum atomic E-state index is -0.663. The van der Waals surface area contributed by atoms with E-state index in [1.165, 1.54) is 100 Å². The average Bonchev–Trinajstić information content (AvgIpc) is 3.88. The lowest BCUT2D eigenvalue weighted by molar-refractivity contribution is 0.775. The number of anilines is 6. The average molecular weight is 889 g/mol. The van der Waals surface area contributed by atoms with Crippen LogP contribution in [0.25, 0.3) is 66.8 Å². The molecule has 1 aliphatic heterocycles. The molecule has 2 nitrogen and oxygen atoms in total. The van der Waals surface area contributed by atoms with E-state index in [2.05, 4.69) is 265 Å². The smallest absolute Gasteiger partial charge is 0.0781 e. The Morgan fingerprint density at radius 1 is 0.314 bits per heavy atom. The molecule has 11 aromatic carbocycles. The van der Waals surface area contributed by atoms with Crippen molar-refractivity contribution in [2.24, 2.45) is 0 Å². The van der Waals surface area contributed by atoms with E-state index in [0.717, 1.165) is 40.5 Å². The second kappa shape index (κ2) is 15.0. The SMILES string of the molecule is c1ccc(N(c2ccc3c(c2)C2(c4ccccc4-c4ccccc4-3)c3ccccc3-c3c2ccc2c3-c3ccccc3C2)c2cccc3c2N(c2ccccc2)c2ccccc2-c2ccccc2-3)cc1. The lowest BCUT2D eigenvalue weighted by Gasteiger charge is -2.37. The molecule has 0 aromatic heterocycles. The van der Waals surface area contributed by atoms with Gasteiger partial charge in [0.15, 0.2) is 0 Å². The van der Waals surface area contributed by atoms with Crippen LogP contribution in [-0.4, -0.2) is 0 Å². The molecule has 1 atom stereocenters. The molecule has 3 aliphatic carbocycles. The molecule has 1 spiro atoms. The molecule has 326 valence electrons. The predicted molar refractivity (Wildman–Crippen MR) is 290 cm³/mol. The van der Waals surface area contributed by atoms with Gasteiger partial charge in [-0.1, -0.05) is 206 Å². The fourth-order valence-electron chi connectivity index (χ4n) is 12.9. The summed E-state index contributed by atoms with van der Waals surface area (Å²) in [4.78, 5) is 5.01. The molecular formula is C68H44N2. The molecule has 0 N–H and O–H groups in total. The number of nitrogens with zero attached hydrogens (tertiary/aromatic N) is 2. The number of hydrogen-bond acceptors (Lipinski definition) is 2. The van der Waals surface area contributed by atoms with Crippen molar-refractivity contribution in [3.63, 3.8) is 0 Å². The van der Waals surface area contributed by atoms with Crippen molar-refractivity contribution in [1.82, 2.24) is 0 Å². The van der Waals surface area contributed by atoms with Gasteiger partial charge in [0.05, 0.1) is 22.5 Å². The fourth-order valence-corrected chi connectivity index (χ4v) is 12.9. The number of fused-ring (bicyclic) bond motifs is 21. The van der Waals surface area contributed by atoms with Crippen molar-refractivity contribution in [3.05, 3.63) is 288 Å². The molecular weight excluding hydrogens is 845 g/mol. The Bertz CT molecular complexity index is 3940. The predicted octanol–water partition coefficient (Wildman–Crippen LogP) is 17.9. The Morgan fingerprint density at radius 3 is 1.60 bits per heavy atom. The van der Waals surface area contributed by atoms with Gasteiger partial charge in [0, 0.05) is 28.2 Å². The summed E-state index contributed by atoms with van der Waals surface area (Å²) in [5.74, 6) is 0. The standard InChI is InChI=1S/C68H44N2/c1-3-21-46(22-4-1)69(64-37-19-33-57-53-29-12-11-28-52(53)56-31-15-18-36-63(56)70(67(57)64)47-23-5-2-6-24-47)48-39-40-55-51-27-10-9-26-50(51)54-30-13-16-34-59(54)68(62(55)43-48)60-35-17-14-32-58(60)66-61(68)41-38-45-42-44-20-7-8-25-49(44)65(45)66/h1-41,43H,42H2. The molecule has 11 aromatic rings. The maximum atomic E-state index is 2.55. The van der Waals surface area contributed by atoms with Crippen LogP contribution in [0.1, 0.15) is 33.4 Å². The van der Waals surface area contributed by atoms with Gasteiger partial charge in [-0.05, 0) is 144 Å². The Balaban J connectivity index is 1.07. The highest BCUT2D eigenvalue weighted by molar-refractivity contribution is 6.08. The number of para-hydroxylation sites is 4. The van der Waals surface area contributed by atoms with Gasteiger partial charge >= 0.3 is 0 Å². The Kier molecular flexibility index (Phi) is 8.38. The molecule has 0 amide bonds. The van der Waals surface area contributed by atoms with Gasteiger partial charge in [0.25, 0.3) is 0 Å². The molecule has 2 heteroatoms. The van der Waals surface area contributed by atoms with Crippen molar-refractivity contribution in [1.29, 1.82) is 0 Å². The van der Waals surface area contributed by atoms with E-state index in [9.17, 15) is 0 Å². The fraction of sp³-hybridized carbons (Fsp3) is 0.0294. The van der Waals surface area contributed by atoms with Crippen molar-refractivity contribution in [2.45, 2.75) is 11.8 Å². The van der Waals surface area contributed by atoms with E-state index in [4.69, 9.17) is 0 Å². The van der Waals surface area contributed by atoms with Gasteiger partial charge in [0.1, 0.15) is 0 Å². The van der Waals surface area contributed by atoms with Crippen LogP contribution in [0, 0.1) is 0 Å². The van der Waals surface area contributed by atoms with Gasteiger partial charge < -0.3 is 9.80 Å². The van der Waals surface area contributed by atoms with Crippen molar-refractivity contribution in [3.8, 4) is 66.8 Å². The van der Waals surface area contributed by atoms with E-state index < -0.39 is 5.41 Å². The molecule has 0 saturated heterocycles. The summed E-state index contributed by atoms with van der Waals surface area (Å²) in [7, 11) is 0. The first-order chi connectivity index (χ1) is 34.8. The summed E-state index contributed by atoms with van der Waals surface area (Å²) in [5.41, 5.74) is 29.2.